The summed E-state index contributed by atoms with van der Waals surface area (Å²) in [6.07, 6.45) is 2.01. The lowest BCUT2D eigenvalue weighted by atomic mass is 10.0. The lowest BCUT2D eigenvalue weighted by Crippen LogP contribution is -2.40. The Kier molecular flexibility index (Phi) is 11.7. The summed E-state index contributed by atoms with van der Waals surface area (Å²) in [6.45, 7) is 3.62. The zero-order chi connectivity index (χ0) is 17.5. The molecule has 0 saturated heterocycles. The van der Waals surface area contributed by atoms with E-state index in [1.807, 2.05) is 30.3 Å². The topological polar surface area (TPSA) is 75.1 Å². The summed E-state index contributed by atoms with van der Waals surface area (Å²) in [6, 6.07) is 10.0. The third-order valence-electron chi connectivity index (χ3n) is 3.67. The normalized spacial score (nSPS) is 12.9. The van der Waals surface area contributed by atoms with Crippen molar-refractivity contribution in [1.29, 1.82) is 0 Å². The van der Waals surface area contributed by atoms with Crippen molar-refractivity contribution in [2.75, 3.05) is 53.7 Å². The third-order valence-corrected chi connectivity index (χ3v) is 3.67. The highest BCUT2D eigenvalue weighted by Gasteiger charge is 2.10. The first-order chi connectivity index (χ1) is 11.8. The largest absolute Gasteiger partial charge is 0.396 e. The number of aliphatic imine (C=N–C) groups is 1. The number of benzene rings is 1. The number of aliphatic hydroxyl groups excluding tert-OH is 1. The van der Waals surface area contributed by atoms with Gasteiger partial charge < -0.3 is 25.2 Å². The highest BCUT2D eigenvalue weighted by atomic mass is 16.5. The average Bonchev–Trinajstić information content (AvgIpc) is 2.63. The van der Waals surface area contributed by atoms with Crippen molar-refractivity contribution in [3.05, 3.63) is 35.9 Å². The van der Waals surface area contributed by atoms with Gasteiger partial charge in [0.1, 0.15) is 0 Å². The summed E-state index contributed by atoms with van der Waals surface area (Å²) in [5.74, 6) is 0.809. The van der Waals surface area contributed by atoms with Gasteiger partial charge in [0.2, 0.25) is 0 Å². The highest BCUT2D eigenvalue weighted by Crippen LogP contribution is 2.13. The first-order valence-electron chi connectivity index (χ1n) is 8.48. The van der Waals surface area contributed by atoms with E-state index in [1.54, 1.807) is 14.2 Å². The zero-order valence-electron chi connectivity index (χ0n) is 14.8. The van der Waals surface area contributed by atoms with Gasteiger partial charge in [-0.05, 0) is 18.4 Å². The lowest BCUT2D eigenvalue weighted by Gasteiger charge is -2.18. The van der Waals surface area contributed by atoms with Crippen molar-refractivity contribution in [2.24, 2.45) is 4.99 Å². The van der Waals surface area contributed by atoms with Crippen molar-refractivity contribution in [3.8, 4) is 0 Å². The van der Waals surface area contributed by atoms with Crippen LogP contribution in [-0.4, -0.2) is 64.7 Å². The van der Waals surface area contributed by atoms with Crippen LogP contribution in [0.5, 0.6) is 0 Å². The Morgan fingerprint density at radius 3 is 2.58 bits per heavy atom. The van der Waals surface area contributed by atoms with Crippen LogP contribution in [0.25, 0.3) is 0 Å². The number of aliphatic hydroxyl groups is 1. The van der Waals surface area contributed by atoms with Crippen LogP contribution in [0, 0.1) is 0 Å². The molecule has 0 aliphatic rings. The quantitative estimate of drug-likeness (QED) is 0.305. The fraction of sp³-hybridized carbons (Fsp3) is 0.611. The maximum atomic E-state index is 9.58. The fourth-order valence-corrected chi connectivity index (χ4v) is 2.23. The molecule has 0 amide bonds. The number of ether oxygens (including phenoxy) is 2. The van der Waals surface area contributed by atoms with Gasteiger partial charge in [0.05, 0.1) is 19.8 Å². The number of methoxy groups -OCH3 is 1. The van der Waals surface area contributed by atoms with Gasteiger partial charge in [-0.25, -0.2) is 0 Å². The van der Waals surface area contributed by atoms with E-state index in [0.717, 1.165) is 37.5 Å². The molecule has 0 saturated carbocycles. The molecule has 0 fully saturated rings. The number of rotatable bonds is 12. The van der Waals surface area contributed by atoms with E-state index in [9.17, 15) is 5.11 Å². The van der Waals surface area contributed by atoms with Crippen molar-refractivity contribution in [2.45, 2.75) is 18.8 Å². The Hall–Kier alpha value is -1.63. The molecule has 6 heteroatoms. The van der Waals surface area contributed by atoms with Gasteiger partial charge >= 0.3 is 0 Å². The second-order valence-corrected chi connectivity index (χ2v) is 5.48. The van der Waals surface area contributed by atoms with E-state index in [2.05, 4.69) is 15.6 Å². The van der Waals surface area contributed by atoms with E-state index in [0.29, 0.717) is 19.8 Å². The molecule has 0 aliphatic carbocycles. The first kappa shape index (κ1) is 20.4. The maximum Gasteiger partial charge on any atom is 0.190 e. The van der Waals surface area contributed by atoms with Gasteiger partial charge in [-0.1, -0.05) is 30.3 Å². The molecule has 0 bridgehead atoms. The summed E-state index contributed by atoms with van der Waals surface area (Å²) in [7, 11) is 3.42. The van der Waals surface area contributed by atoms with Crippen LogP contribution < -0.4 is 10.6 Å². The fourth-order valence-electron chi connectivity index (χ4n) is 2.23. The lowest BCUT2D eigenvalue weighted by molar-refractivity contribution is 0.0689. The smallest absolute Gasteiger partial charge is 0.190 e. The monoisotopic (exact) mass is 337 g/mol. The minimum Gasteiger partial charge on any atom is -0.396 e. The Morgan fingerprint density at radius 2 is 1.92 bits per heavy atom. The minimum absolute atomic E-state index is 0.0546. The molecule has 3 N–H and O–H groups in total. The second-order valence-electron chi connectivity index (χ2n) is 5.48. The Balaban J connectivity index is 2.18. The molecule has 136 valence electrons. The number of guanidine groups is 1. The zero-order valence-corrected chi connectivity index (χ0v) is 14.8. The molecular weight excluding hydrogens is 306 g/mol. The van der Waals surface area contributed by atoms with E-state index in [-0.39, 0.29) is 12.5 Å². The Bertz CT molecular complexity index is 440. The predicted molar refractivity (Wildman–Crippen MR) is 97.6 cm³/mol. The van der Waals surface area contributed by atoms with Crippen molar-refractivity contribution >= 4 is 5.96 Å². The van der Waals surface area contributed by atoms with E-state index >= 15 is 0 Å². The minimum atomic E-state index is 0.0546. The molecule has 1 atom stereocenters. The molecule has 1 aromatic rings. The highest BCUT2D eigenvalue weighted by molar-refractivity contribution is 5.79. The second kappa shape index (κ2) is 13.8. The van der Waals surface area contributed by atoms with Crippen LogP contribution in [0.4, 0.5) is 0 Å². The van der Waals surface area contributed by atoms with Gasteiger partial charge in [-0.3, -0.25) is 4.99 Å². The average molecular weight is 337 g/mol. The molecule has 6 nitrogen and oxygen atoms in total. The molecule has 0 aliphatic heterocycles. The van der Waals surface area contributed by atoms with Gasteiger partial charge in [0, 0.05) is 39.8 Å². The number of nitrogens with one attached hydrogen (secondary N) is 2. The standard InChI is InChI=1S/C18H31N3O3/c1-19-18(20-10-6-7-11-24-13-12-23-2)21-14-17(15-22)16-8-4-3-5-9-16/h3-5,8-9,17,22H,6-7,10-15H2,1-2H3,(H2,19,20,21). The van der Waals surface area contributed by atoms with Gasteiger partial charge in [0.15, 0.2) is 5.96 Å². The Morgan fingerprint density at radius 1 is 1.12 bits per heavy atom. The summed E-state index contributed by atoms with van der Waals surface area (Å²) in [5, 5.41) is 16.1. The molecular formula is C18H31N3O3. The van der Waals surface area contributed by atoms with Crippen LogP contribution in [-0.2, 0) is 9.47 Å². The maximum absolute atomic E-state index is 9.58. The molecule has 1 unspecified atom stereocenters. The molecule has 1 rings (SSSR count). The van der Waals surface area contributed by atoms with Crippen LogP contribution in [0.15, 0.2) is 35.3 Å². The summed E-state index contributed by atoms with van der Waals surface area (Å²) >= 11 is 0. The molecule has 1 aromatic carbocycles. The Labute approximate surface area is 145 Å². The number of hydrogen-bond acceptors (Lipinski definition) is 4. The summed E-state index contributed by atoms with van der Waals surface area (Å²) in [5.41, 5.74) is 1.12. The third kappa shape index (κ3) is 8.86. The van der Waals surface area contributed by atoms with Gasteiger partial charge in [0.25, 0.3) is 0 Å². The number of hydrogen-bond donors (Lipinski definition) is 3. The molecule has 24 heavy (non-hydrogen) atoms. The van der Waals surface area contributed by atoms with Crippen molar-refractivity contribution in [3.63, 3.8) is 0 Å². The SMILES string of the molecule is CN=C(NCCCCOCCOC)NCC(CO)c1ccccc1. The summed E-state index contributed by atoms with van der Waals surface area (Å²) < 4.78 is 10.3. The molecule has 0 spiro atoms. The molecule has 0 aromatic heterocycles. The van der Waals surface area contributed by atoms with Crippen LogP contribution in [0.1, 0.15) is 24.3 Å². The first-order valence-corrected chi connectivity index (χ1v) is 8.48. The van der Waals surface area contributed by atoms with Crippen LogP contribution >= 0.6 is 0 Å². The number of unbranched alkanes of at least 4 members (excludes halogenated alkanes) is 1. The van der Waals surface area contributed by atoms with Crippen molar-refractivity contribution < 1.29 is 14.6 Å². The van der Waals surface area contributed by atoms with Gasteiger partial charge in [-0.15, -0.1) is 0 Å². The number of nitrogens with zero attached hydrogens (tertiary/aromatic N) is 1. The summed E-state index contributed by atoms with van der Waals surface area (Å²) in [4.78, 5) is 4.21. The predicted octanol–water partition coefficient (Wildman–Crippen LogP) is 1.37. The van der Waals surface area contributed by atoms with Crippen molar-refractivity contribution in [1.82, 2.24) is 10.6 Å². The van der Waals surface area contributed by atoms with Gasteiger partial charge in [-0.2, -0.15) is 0 Å². The van der Waals surface area contributed by atoms with Crippen LogP contribution in [0.2, 0.25) is 0 Å². The van der Waals surface area contributed by atoms with Crippen LogP contribution in [0.3, 0.4) is 0 Å². The molecule has 0 radical (unpaired) electrons. The van der Waals surface area contributed by atoms with E-state index in [1.165, 1.54) is 0 Å². The molecule has 0 heterocycles. The van der Waals surface area contributed by atoms with E-state index < -0.39 is 0 Å². The van der Waals surface area contributed by atoms with E-state index in [4.69, 9.17) is 9.47 Å².